The van der Waals surface area contributed by atoms with Crippen molar-refractivity contribution < 1.29 is 4.92 Å². The summed E-state index contributed by atoms with van der Waals surface area (Å²) in [6.07, 6.45) is 3.72. The molecule has 0 spiro atoms. The molecular weight excluding hydrogens is 220 g/mol. The maximum Gasteiger partial charge on any atom is 0.333 e. The molecule has 1 aromatic rings. The summed E-state index contributed by atoms with van der Waals surface area (Å²) in [7, 11) is 0. The van der Waals surface area contributed by atoms with E-state index in [0.29, 0.717) is 24.0 Å². The highest BCUT2D eigenvalue weighted by Gasteiger charge is 2.26. The molecule has 0 amide bonds. The van der Waals surface area contributed by atoms with Crippen molar-refractivity contribution >= 4 is 11.5 Å². The molecule has 0 unspecified atom stereocenters. The van der Waals surface area contributed by atoms with E-state index in [1.165, 1.54) is 19.3 Å². The van der Waals surface area contributed by atoms with Crippen LogP contribution in [-0.4, -0.2) is 21.2 Å². The minimum absolute atomic E-state index is 0.117. The monoisotopic (exact) mass is 238 g/mol. The van der Waals surface area contributed by atoms with Gasteiger partial charge >= 0.3 is 5.69 Å². The number of hydrogen-bond acceptors (Lipinski definition) is 4. The molecule has 1 N–H and O–H groups in total. The van der Waals surface area contributed by atoms with Gasteiger partial charge in [0.15, 0.2) is 0 Å². The first-order chi connectivity index (χ1) is 8.13. The molecule has 0 saturated heterocycles. The molecule has 94 valence electrons. The number of hydrogen-bond donors (Lipinski definition) is 1. The second kappa shape index (κ2) is 4.73. The Labute approximate surface area is 100 Å². The average molecular weight is 238 g/mol. The van der Waals surface area contributed by atoms with Gasteiger partial charge in [0.25, 0.3) is 0 Å². The Bertz CT molecular complexity index is 423. The molecule has 0 aromatic carbocycles. The van der Waals surface area contributed by atoms with Crippen LogP contribution in [0.4, 0.5) is 11.5 Å². The van der Waals surface area contributed by atoms with E-state index in [2.05, 4.69) is 10.4 Å². The normalized spacial score (nSPS) is 15.6. The number of rotatable bonds is 5. The molecule has 1 aromatic heterocycles. The van der Waals surface area contributed by atoms with Crippen LogP contribution in [0.5, 0.6) is 0 Å². The van der Waals surface area contributed by atoms with Crippen molar-refractivity contribution in [3.63, 3.8) is 0 Å². The molecule has 17 heavy (non-hydrogen) atoms. The standard InChI is InChI=1S/C11H18N4O2/c1-3-14-11(12-7-9-5-4-6-9)10(15(16)17)8(2)13-14/h9,12H,3-7H2,1-2H3. The summed E-state index contributed by atoms with van der Waals surface area (Å²) in [4.78, 5) is 10.7. The number of aryl methyl sites for hydroxylation is 2. The van der Waals surface area contributed by atoms with Crippen LogP contribution in [0.15, 0.2) is 0 Å². The van der Waals surface area contributed by atoms with Gasteiger partial charge < -0.3 is 5.32 Å². The van der Waals surface area contributed by atoms with E-state index in [4.69, 9.17) is 0 Å². The van der Waals surface area contributed by atoms with E-state index in [1.54, 1.807) is 11.6 Å². The van der Waals surface area contributed by atoms with E-state index in [1.807, 2.05) is 6.92 Å². The van der Waals surface area contributed by atoms with Crippen molar-refractivity contribution in [1.29, 1.82) is 0 Å². The summed E-state index contributed by atoms with van der Waals surface area (Å²) >= 11 is 0. The third kappa shape index (κ3) is 2.25. The molecule has 1 fully saturated rings. The first kappa shape index (κ1) is 11.9. The smallest absolute Gasteiger partial charge is 0.333 e. The SMILES string of the molecule is CCn1nc(C)c([N+](=O)[O-])c1NCC1CCC1. The molecule has 6 nitrogen and oxygen atoms in total. The zero-order valence-corrected chi connectivity index (χ0v) is 10.3. The fourth-order valence-electron chi connectivity index (χ4n) is 2.13. The quantitative estimate of drug-likeness (QED) is 0.631. The van der Waals surface area contributed by atoms with Crippen molar-refractivity contribution in [3.05, 3.63) is 15.8 Å². The van der Waals surface area contributed by atoms with Gasteiger partial charge in [-0.3, -0.25) is 10.1 Å². The van der Waals surface area contributed by atoms with Gasteiger partial charge in [0.1, 0.15) is 5.69 Å². The lowest BCUT2D eigenvalue weighted by molar-refractivity contribution is -0.384. The third-order valence-electron chi connectivity index (χ3n) is 3.36. The lowest BCUT2D eigenvalue weighted by Gasteiger charge is -2.25. The molecule has 0 aliphatic heterocycles. The summed E-state index contributed by atoms with van der Waals surface area (Å²) in [6.45, 7) is 5.07. The summed E-state index contributed by atoms with van der Waals surface area (Å²) in [5.41, 5.74) is 0.596. The lowest BCUT2D eigenvalue weighted by atomic mass is 9.85. The molecule has 1 aliphatic carbocycles. The number of anilines is 1. The zero-order valence-electron chi connectivity index (χ0n) is 10.3. The van der Waals surface area contributed by atoms with E-state index < -0.39 is 0 Å². The summed E-state index contributed by atoms with van der Waals surface area (Å²) in [6, 6.07) is 0. The van der Waals surface area contributed by atoms with Crippen molar-refractivity contribution in [1.82, 2.24) is 9.78 Å². The maximum absolute atomic E-state index is 11.0. The fourth-order valence-corrected chi connectivity index (χ4v) is 2.13. The second-order valence-electron chi connectivity index (χ2n) is 4.53. The van der Waals surface area contributed by atoms with Crippen molar-refractivity contribution in [2.24, 2.45) is 5.92 Å². The van der Waals surface area contributed by atoms with Gasteiger partial charge in [-0.1, -0.05) is 6.42 Å². The van der Waals surface area contributed by atoms with Gasteiger partial charge in [-0.2, -0.15) is 5.10 Å². The van der Waals surface area contributed by atoms with Crippen LogP contribution in [0, 0.1) is 23.0 Å². The van der Waals surface area contributed by atoms with Crippen LogP contribution >= 0.6 is 0 Å². The topological polar surface area (TPSA) is 73.0 Å². The van der Waals surface area contributed by atoms with E-state index in [0.717, 1.165) is 6.54 Å². The predicted octanol–water partition coefficient (Wildman–Crippen LogP) is 2.33. The van der Waals surface area contributed by atoms with Gasteiger partial charge in [-0.15, -0.1) is 0 Å². The largest absolute Gasteiger partial charge is 0.364 e. The van der Waals surface area contributed by atoms with E-state index in [9.17, 15) is 10.1 Å². The minimum atomic E-state index is -0.350. The molecule has 1 heterocycles. The number of nitrogens with one attached hydrogen (secondary N) is 1. The van der Waals surface area contributed by atoms with Gasteiger partial charge in [0.2, 0.25) is 5.82 Å². The number of nitro groups is 1. The molecule has 1 saturated carbocycles. The second-order valence-corrected chi connectivity index (χ2v) is 4.53. The Kier molecular flexibility index (Phi) is 3.31. The van der Waals surface area contributed by atoms with Crippen LogP contribution in [0.3, 0.4) is 0 Å². The van der Waals surface area contributed by atoms with Gasteiger partial charge in [0, 0.05) is 13.1 Å². The van der Waals surface area contributed by atoms with Crippen LogP contribution < -0.4 is 5.32 Å². The highest BCUT2D eigenvalue weighted by molar-refractivity contribution is 5.59. The summed E-state index contributed by atoms with van der Waals surface area (Å²) < 4.78 is 1.67. The predicted molar refractivity (Wildman–Crippen MR) is 65.1 cm³/mol. The summed E-state index contributed by atoms with van der Waals surface area (Å²) in [5.74, 6) is 1.22. The van der Waals surface area contributed by atoms with Crippen LogP contribution in [0.2, 0.25) is 0 Å². The first-order valence-corrected chi connectivity index (χ1v) is 6.09. The Morgan fingerprint density at radius 2 is 2.29 bits per heavy atom. The Balaban J connectivity index is 2.18. The van der Waals surface area contributed by atoms with Crippen molar-refractivity contribution in [2.75, 3.05) is 11.9 Å². The van der Waals surface area contributed by atoms with Crippen LogP contribution in [-0.2, 0) is 6.54 Å². The van der Waals surface area contributed by atoms with E-state index in [-0.39, 0.29) is 10.6 Å². The van der Waals surface area contributed by atoms with Crippen LogP contribution in [0.25, 0.3) is 0 Å². The Hall–Kier alpha value is -1.59. The fraction of sp³-hybridized carbons (Fsp3) is 0.727. The van der Waals surface area contributed by atoms with Gasteiger partial charge in [0.05, 0.1) is 4.92 Å². The highest BCUT2D eigenvalue weighted by Crippen LogP contribution is 2.31. The molecule has 1 aliphatic rings. The molecule has 6 heteroatoms. The molecule has 0 atom stereocenters. The average Bonchev–Trinajstić information content (AvgIpc) is 2.52. The third-order valence-corrected chi connectivity index (χ3v) is 3.36. The van der Waals surface area contributed by atoms with Crippen LogP contribution in [0.1, 0.15) is 31.9 Å². The number of nitrogens with zero attached hydrogens (tertiary/aromatic N) is 3. The molecule has 2 rings (SSSR count). The van der Waals surface area contributed by atoms with E-state index >= 15 is 0 Å². The summed E-state index contributed by atoms with van der Waals surface area (Å²) in [5, 5.41) is 18.4. The Morgan fingerprint density at radius 3 is 2.76 bits per heavy atom. The van der Waals surface area contributed by atoms with Crippen molar-refractivity contribution in [3.8, 4) is 0 Å². The van der Waals surface area contributed by atoms with Crippen molar-refractivity contribution in [2.45, 2.75) is 39.7 Å². The van der Waals surface area contributed by atoms with Gasteiger partial charge in [-0.25, -0.2) is 4.68 Å². The highest BCUT2D eigenvalue weighted by atomic mass is 16.6. The number of aromatic nitrogens is 2. The Morgan fingerprint density at radius 1 is 1.59 bits per heavy atom. The zero-order chi connectivity index (χ0) is 12.4. The molecule has 0 radical (unpaired) electrons. The minimum Gasteiger partial charge on any atom is -0.364 e. The first-order valence-electron chi connectivity index (χ1n) is 6.09. The maximum atomic E-state index is 11.0. The molecule has 0 bridgehead atoms. The molecular formula is C11H18N4O2. The lowest BCUT2D eigenvalue weighted by Crippen LogP contribution is -2.22. The van der Waals surface area contributed by atoms with Gasteiger partial charge in [-0.05, 0) is 32.6 Å².